The molecule has 4 heteroatoms. The molecular weight excluding hydrogens is 214 g/mol. The minimum absolute atomic E-state index is 0.275. The number of hydrogen-bond donors (Lipinski definition) is 3. The van der Waals surface area contributed by atoms with Gasteiger partial charge in [-0.1, -0.05) is 6.42 Å². The van der Waals surface area contributed by atoms with Crippen LogP contribution in [0.25, 0.3) is 0 Å². The van der Waals surface area contributed by atoms with E-state index in [9.17, 15) is 0 Å². The Morgan fingerprint density at radius 3 is 2.82 bits per heavy atom. The second-order valence-corrected chi connectivity index (χ2v) is 5.32. The van der Waals surface area contributed by atoms with E-state index in [1.807, 2.05) is 7.05 Å². The molecule has 1 aliphatic rings. The summed E-state index contributed by atoms with van der Waals surface area (Å²) >= 11 is 0. The van der Waals surface area contributed by atoms with E-state index in [2.05, 4.69) is 17.3 Å². The second kappa shape index (κ2) is 8.03. The van der Waals surface area contributed by atoms with Gasteiger partial charge >= 0.3 is 0 Å². The highest BCUT2D eigenvalue weighted by Crippen LogP contribution is 2.31. The monoisotopic (exact) mass is 243 g/mol. The summed E-state index contributed by atoms with van der Waals surface area (Å²) in [7, 11) is 4.18. The molecule has 0 amide bonds. The summed E-state index contributed by atoms with van der Waals surface area (Å²) in [5.74, 6) is 1.40. The van der Waals surface area contributed by atoms with Gasteiger partial charge in [0.2, 0.25) is 0 Å². The molecule has 0 aromatic heterocycles. The minimum atomic E-state index is 0.275. The van der Waals surface area contributed by atoms with Gasteiger partial charge in [0.15, 0.2) is 0 Å². The Labute approximate surface area is 106 Å². The van der Waals surface area contributed by atoms with Crippen LogP contribution in [0.2, 0.25) is 0 Å². The van der Waals surface area contributed by atoms with Gasteiger partial charge in [-0.25, -0.2) is 0 Å². The van der Waals surface area contributed by atoms with Crippen molar-refractivity contribution in [3.8, 4) is 0 Å². The summed E-state index contributed by atoms with van der Waals surface area (Å²) in [6.07, 6.45) is 6.41. The summed E-state index contributed by atoms with van der Waals surface area (Å²) < 4.78 is 0. The van der Waals surface area contributed by atoms with Crippen LogP contribution < -0.4 is 11.1 Å². The largest absolute Gasteiger partial charge is 0.396 e. The van der Waals surface area contributed by atoms with Gasteiger partial charge in [-0.2, -0.15) is 0 Å². The van der Waals surface area contributed by atoms with Crippen LogP contribution in [0.15, 0.2) is 0 Å². The van der Waals surface area contributed by atoms with Crippen LogP contribution >= 0.6 is 0 Å². The van der Waals surface area contributed by atoms with Gasteiger partial charge in [0.1, 0.15) is 0 Å². The maximum absolute atomic E-state index is 8.90. The molecule has 0 aromatic carbocycles. The molecule has 0 heterocycles. The van der Waals surface area contributed by atoms with Gasteiger partial charge in [-0.3, -0.25) is 4.90 Å². The van der Waals surface area contributed by atoms with E-state index < -0.39 is 0 Å². The Morgan fingerprint density at radius 1 is 1.47 bits per heavy atom. The van der Waals surface area contributed by atoms with Gasteiger partial charge in [-0.15, -0.1) is 0 Å². The molecule has 0 spiro atoms. The summed E-state index contributed by atoms with van der Waals surface area (Å²) in [6.45, 7) is 2.05. The Hall–Kier alpha value is -0.160. The van der Waals surface area contributed by atoms with Crippen molar-refractivity contribution < 1.29 is 5.11 Å². The van der Waals surface area contributed by atoms with Crippen LogP contribution in [0.1, 0.15) is 32.1 Å². The zero-order chi connectivity index (χ0) is 12.7. The molecule has 0 bridgehead atoms. The number of aliphatic hydroxyl groups is 1. The SMILES string of the molecule is CNC(C1CCCC(CN)C1)N(C)CCCO. The number of nitrogens with zero attached hydrogens (tertiary/aromatic N) is 1. The van der Waals surface area contributed by atoms with E-state index in [0.29, 0.717) is 18.0 Å². The molecule has 0 aliphatic heterocycles. The first-order valence-corrected chi connectivity index (χ1v) is 6.91. The minimum Gasteiger partial charge on any atom is -0.396 e. The van der Waals surface area contributed by atoms with Crippen molar-refractivity contribution in [1.82, 2.24) is 10.2 Å². The summed E-state index contributed by atoms with van der Waals surface area (Å²) in [4.78, 5) is 2.33. The molecule has 102 valence electrons. The average Bonchev–Trinajstić information content (AvgIpc) is 2.37. The Kier molecular flexibility index (Phi) is 7.04. The lowest BCUT2D eigenvalue weighted by molar-refractivity contribution is 0.0974. The predicted octanol–water partition coefficient (Wildman–Crippen LogP) is 0.611. The molecule has 1 fully saturated rings. The second-order valence-electron chi connectivity index (χ2n) is 5.32. The van der Waals surface area contributed by atoms with Crippen LogP contribution in [-0.4, -0.2) is 50.0 Å². The zero-order valence-corrected chi connectivity index (χ0v) is 11.4. The van der Waals surface area contributed by atoms with Crippen molar-refractivity contribution in [2.75, 3.05) is 33.8 Å². The van der Waals surface area contributed by atoms with Gasteiger partial charge in [0, 0.05) is 13.2 Å². The number of aliphatic hydroxyl groups excluding tert-OH is 1. The number of hydrogen-bond acceptors (Lipinski definition) is 4. The Morgan fingerprint density at radius 2 is 2.24 bits per heavy atom. The fourth-order valence-electron chi connectivity index (χ4n) is 3.11. The van der Waals surface area contributed by atoms with Gasteiger partial charge in [-0.05, 0) is 58.2 Å². The van der Waals surface area contributed by atoms with Crippen molar-refractivity contribution in [1.29, 1.82) is 0 Å². The Bertz CT molecular complexity index is 201. The molecular formula is C13H29N3O. The van der Waals surface area contributed by atoms with Gasteiger partial charge < -0.3 is 16.2 Å². The third-order valence-electron chi connectivity index (χ3n) is 4.04. The van der Waals surface area contributed by atoms with E-state index in [1.165, 1.54) is 25.7 Å². The maximum Gasteiger partial charge on any atom is 0.0621 e. The first-order chi connectivity index (χ1) is 8.22. The fraction of sp³-hybridized carbons (Fsp3) is 1.00. The average molecular weight is 243 g/mol. The number of nitrogens with two attached hydrogens (primary N) is 1. The summed E-state index contributed by atoms with van der Waals surface area (Å²) in [5.41, 5.74) is 5.80. The number of nitrogens with one attached hydrogen (secondary N) is 1. The molecule has 3 unspecified atom stereocenters. The normalized spacial score (nSPS) is 27.4. The van der Waals surface area contributed by atoms with Crippen LogP contribution in [0, 0.1) is 11.8 Å². The number of rotatable bonds is 7. The van der Waals surface area contributed by atoms with E-state index in [4.69, 9.17) is 10.8 Å². The first-order valence-electron chi connectivity index (χ1n) is 6.91. The molecule has 1 aliphatic carbocycles. The molecule has 3 atom stereocenters. The maximum atomic E-state index is 8.90. The topological polar surface area (TPSA) is 61.5 Å². The van der Waals surface area contributed by atoms with E-state index >= 15 is 0 Å². The first kappa shape index (κ1) is 14.9. The van der Waals surface area contributed by atoms with E-state index in [0.717, 1.165) is 19.5 Å². The van der Waals surface area contributed by atoms with Crippen molar-refractivity contribution in [2.24, 2.45) is 17.6 Å². The van der Waals surface area contributed by atoms with Crippen molar-refractivity contribution in [3.05, 3.63) is 0 Å². The molecule has 17 heavy (non-hydrogen) atoms. The van der Waals surface area contributed by atoms with Crippen molar-refractivity contribution in [2.45, 2.75) is 38.3 Å². The van der Waals surface area contributed by atoms with Crippen LogP contribution in [0.4, 0.5) is 0 Å². The molecule has 4 N–H and O–H groups in total. The standard InChI is InChI=1S/C13H29N3O/c1-15-13(16(2)7-4-8-17)12-6-3-5-11(9-12)10-14/h11-13,15,17H,3-10,14H2,1-2H3. The molecule has 1 saturated carbocycles. The van der Waals surface area contributed by atoms with E-state index in [-0.39, 0.29) is 6.61 Å². The van der Waals surface area contributed by atoms with E-state index in [1.54, 1.807) is 0 Å². The smallest absolute Gasteiger partial charge is 0.0621 e. The lowest BCUT2D eigenvalue weighted by Gasteiger charge is -2.38. The lowest BCUT2D eigenvalue weighted by atomic mass is 9.79. The van der Waals surface area contributed by atoms with Crippen LogP contribution in [0.5, 0.6) is 0 Å². The molecule has 1 rings (SSSR count). The predicted molar refractivity (Wildman–Crippen MR) is 71.7 cm³/mol. The molecule has 0 aromatic rings. The molecule has 4 nitrogen and oxygen atoms in total. The fourth-order valence-corrected chi connectivity index (χ4v) is 3.11. The van der Waals surface area contributed by atoms with Crippen molar-refractivity contribution in [3.63, 3.8) is 0 Å². The Balaban J connectivity index is 2.47. The highest BCUT2D eigenvalue weighted by molar-refractivity contribution is 4.81. The lowest BCUT2D eigenvalue weighted by Crippen LogP contribution is -2.49. The van der Waals surface area contributed by atoms with Crippen molar-refractivity contribution >= 4 is 0 Å². The van der Waals surface area contributed by atoms with Gasteiger partial charge in [0.25, 0.3) is 0 Å². The highest BCUT2D eigenvalue weighted by Gasteiger charge is 2.29. The third kappa shape index (κ3) is 4.54. The van der Waals surface area contributed by atoms with Crippen LogP contribution in [-0.2, 0) is 0 Å². The summed E-state index contributed by atoms with van der Waals surface area (Å²) in [6, 6.07) is 0. The molecule has 0 radical (unpaired) electrons. The quantitative estimate of drug-likeness (QED) is 0.573. The third-order valence-corrected chi connectivity index (χ3v) is 4.04. The molecule has 0 saturated heterocycles. The summed E-state index contributed by atoms with van der Waals surface area (Å²) in [5, 5.41) is 12.3. The zero-order valence-electron chi connectivity index (χ0n) is 11.4. The highest BCUT2D eigenvalue weighted by atomic mass is 16.3. The van der Waals surface area contributed by atoms with Gasteiger partial charge in [0.05, 0.1) is 6.17 Å². The van der Waals surface area contributed by atoms with Crippen LogP contribution in [0.3, 0.4) is 0 Å².